The van der Waals surface area contributed by atoms with Gasteiger partial charge in [-0.3, -0.25) is 9.88 Å². The van der Waals surface area contributed by atoms with E-state index in [-0.39, 0.29) is 5.97 Å². The standard InChI is InChI=1S/C12H17N3O2S/c1-3-15(8-11(13)18)7-10-5-4-9(6-14-10)12(16)17-2/h4-6H,3,7-8H2,1-2H3,(H2,13,18). The molecule has 5 nitrogen and oxygen atoms in total. The van der Waals surface area contributed by atoms with Crippen LogP contribution in [0.1, 0.15) is 23.0 Å². The number of nitrogens with zero attached hydrogens (tertiary/aromatic N) is 2. The molecule has 0 amide bonds. The maximum Gasteiger partial charge on any atom is 0.339 e. The summed E-state index contributed by atoms with van der Waals surface area (Å²) in [5.74, 6) is -0.385. The zero-order valence-electron chi connectivity index (χ0n) is 10.5. The minimum Gasteiger partial charge on any atom is -0.465 e. The van der Waals surface area contributed by atoms with Crippen LogP contribution in [-0.2, 0) is 11.3 Å². The van der Waals surface area contributed by atoms with Gasteiger partial charge in [0.2, 0.25) is 0 Å². The highest BCUT2D eigenvalue weighted by atomic mass is 32.1. The first kappa shape index (κ1) is 14.5. The number of hydrogen-bond donors (Lipinski definition) is 1. The molecule has 2 N–H and O–H groups in total. The lowest BCUT2D eigenvalue weighted by Crippen LogP contribution is -2.32. The molecule has 0 saturated heterocycles. The van der Waals surface area contributed by atoms with Crippen LogP contribution in [0.3, 0.4) is 0 Å². The number of esters is 1. The maximum absolute atomic E-state index is 11.2. The molecule has 0 aliphatic carbocycles. The Labute approximate surface area is 112 Å². The summed E-state index contributed by atoms with van der Waals surface area (Å²) in [5, 5.41) is 0. The van der Waals surface area contributed by atoms with E-state index in [0.717, 1.165) is 12.2 Å². The third-order valence-electron chi connectivity index (χ3n) is 2.46. The summed E-state index contributed by atoms with van der Waals surface area (Å²) in [4.78, 5) is 18.0. The van der Waals surface area contributed by atoms with Gasteiger partial charge in [-0.1, -0.05) is 19.1 Å². The quantitative estimate of drug-likeness (QED) is 0.612. The molecule has 18 heavy (non-hydrogen) atoms. The average Bonchev–Trinajstić information content (AvgIpc) is 2.37. The molecule has 1 rings (SSSR count). The SMILES string of the molecule is CCN(CC(N)=S)Cc1ccc(C(=O)OC)cn1. The van der Waals surface area contributed by atoms with Crippen molar-refractivity contribution in [1.29, 1.82) is 0 Å². The lowest BCUT2D eigenvalue weighted by molar-refractivity contribution is 0.0600. The first-order valence-corrected chi connectivity index (χ1v) is 6.01. The molecule has 0 aliphatic heterocycles. The van der Waals surface area contributed by atoms with E-state index >= 15 is 0 Å². The first-order valence-electron chi connectivity index (χ1n) is 5.60. The van der Waals surface area contributed by atoms with Crippen molar-refractivity contribution in [1.82, 2.24) is 9.88 Å². The highest BCUT2D eigenvalue weighted by Gasteiger charge is 2.08. The van der Waals surface area contributed by atoms with Gasteiger partial charge in [0.25, 0.3) is 0 Å². The Morgan fingerprint density at radius 3 is 2.72 bits per heavy atom. The molecular formula is C12H17N3O2S. The Bertz CT molecular complexity index is 420. The van der Waals surface area contributed by atoms with Gasteiger partial charge < -0.3 is 10.5 Å². The van der Waals surface area contributed by atoms with Crippen molar-refractivity contribution in [3.05, 3.63) is 29.6 Å². The number of carbonyl (C=O) groups excluding carboxylic acids is 1. The van der Waals surface area contributed by atoms with Crippen LogP contribution in [0.4, 0.5) is 0 Å². The third kappa shape index (κ3) is 4.38. The van der Waals surface area contributed by atoms with Crippen LogP contribution < -0.4 is 5.73 Å². The summed E-state index contributed by atoms with van der Waals surface area (Å²) in [6.45, 7) is 4.07. The number of rotatable bonds is 6. The van der Waals surface area contributed by atoms with Crippen molar-refractivity contribution < 1.29 is 9.53 Å². The lowest BCUT2D eigenvalue weighted by atomic mass is 10.2. The second kappa shape index (κ2) is 7.03. The molecule has 0 radical (unpaired) electrons. The van der Waals surface area contributed by atoms with Crippen molar-refractivity contribution in [3.8, 4) is 0 Å². The number of hydrogen-bond acceptors (Lipinski definition) is 5. The van der Waals surface area contributed by atoms with Crippen molar-refractivity contribution in [2.24, 2.45) is 5.73 Å². The van der Waals surface area contributed by atoms with Gasteiger partial charge in [-0.05, 0) is 18.7 Å². The highest BCUT2D eigenvalue weighted by molar-refractivity contribution is 7.80. The normalized spacial score (nSPS) is 10.4. The van der Waals surface area contributed by atoms with Crippen LogP contribution in [0.15, 0.2) is 18.3 Å². The van der Waals surface area contributed by atoms with Crippen LogP contribution in [0.25, 0.3) is 0 Å². The first-order chi connectivity index (χ1) is 8.56. The molecule has 1 aromatic rings. The number of pyridine rings is 1. The summed E-state index contributed by atoms with van der Waals surface area (Å²) >= 11 is 4.88. The Kier molecular flexibility index (Phi) is 5.67. The Morgan fingerprint density at radius 2 is 2.28 bits per heavy atom. The summed E-state index contributed by atoms with van der Waals surface area (Å²) in [6, 6.07) is 3.50. The molecule has 0 fully saturated rings. The fourth-order valence-corrected chi connectivity index (χ4v) is 1.67. The number of thiocarbonyl (C=S) groups is 1. The van der Waals surface area contributed by atoms with Crippen LogP contribution >= 0.6 is 12.2 Å². The Hall–Kier alpha value is -1.53. The fourth-order valence-electron chi connectivity index (χ4n) is 1.49. The van der Waals surface area contributed by atoms with Crippen molar-refractivity contribution in [3.63, 3.8) is 0 Å². The van der Waals surface area contributed by atoms with E-state index in [2.05, 4.69) is 14.6 Å². The zero-order valence-corrected chi connectivity index (χ0v) is 11.4. The number of nitrogens with two attached hydrogens (primary N) is 1. The van der Waals surface area contributed by atoms with E-state index in [0.29, 0.717) is 23.6 Å². The number of likely N-dealkylation sites (N-methyl/N-ethyl adjacent to an activating group) is 1. The van der Waals surface area contributed by atoms with Gasteiger partial charge in [-0.2, -0.15) is 0 Å². The maximum atomic E-state index is 11.2. The molecular weight excluding hydrogens is 250 g/mol. The smallest absolute Gasteiger partial charge is 0.339 e. The summed E-state index contributed by atoms with van der Waals surface area (Å²) < 4.78 is 4.61. The molecule has 0 atom stereocenters. The molecule has 0 bridgehead atoms. The topological polar surface area (TPSA) is 68.5 Å². The van der Waals surface area contributed by atoms with Gasteiger partial charge in [0.1, 0.15) is 0 Å². The van der Waals surface area contributed by atoms with E-state index < -0.39 is 0 Å². The number of aromatic nitrogens is 1. The predicted octanol–water partition coefficient (Wildman–Crippen LogP) is 0.976. The van der Waals surface area contributed by atoms with E-state index in [1.165, 1.54) is 13.3 Å². The number of carbonyl (C=O) groups is 1. The second-order valence-corrected chi connectivity index (χ2v) is 4.32. The van der Waals surface area contributed by atoms with E-state index in [1.807, 2.05) is 6.92 Å². The lowest BCUT2D eigenvalue weighted by Gasteiger charge is -2.18. The summed E-state index contributed by atoms with van der Waals surface area (Å²) in [5.41, 5.74) is 6.82. The molecule has 0 saturated carbocycles. The number of ether oxygens (including phenoxy) is 1. The molecule has 0 aromatic carbocycles. The van der Waals surface area contributed by atoms with Crippen molar-refractivity contribution in [2.75, 3.05) is 20.2 Å². The molecule has 0 spiro atoms. The average molecular weight is 267 g/mol. The molecule has 1 heterocycles. The van der Waals surface area contributed by atoms with Crippen molar-refractivity contribution >= 4 is 23.2 Å². The van der Waals surface area contributed by atoms with Crippen LogP contribution in [0.5, 0.6) is 0 Å². The van der Waals surface area contributed by atoms with Gasteiger partial charge in [-0.25, -0.2) is 4.79 Å². The summed E-state index contributed by atoms with van der Waals surface area (Å²) in [7, 11) is 1.34. The van der Waals surface area contributed by atoms with Crippen LogP contribution in [-0.4, -0.2) is 41.0 Å². The van der Waals surface area contributed by atoms with Gasteiger partial charge in [0, 0.05) is 19.3 Å². The third-order valence-corrected chi connectivity index (χ3v) is 2.59. The van der Waals surface area contributed by atoms with E-state index in [1.54, 1.807) is 12.1 Å². The minimum absolute atomic E-state index is 0.385. The van der Waals surface area contributed by atoms with Gasteiger partial charge in [0.15, 0.2) is 0 Å². The number of methoxy groups -OCH3 is 1. The van der Waals surface area contributed by atoms with Gasteiger partial charge in [-0.15, -0.1) is 0 Å². The van der Waals surface area contributed by atoms with Crippen LogP contribution in [0, 0.1) is 0 Å². The summed E-state index contributed by atoms with van der Waals surface area (Å²) in [6.07, 6.45) is 1.51. The van der Waals surface area contributed by atoms with E-state index in [9.17, 15) is 4.79 Å². The van der Waals surface area contributed by atoms with Crippen LogP contribution in [0.2, 0.25) is 0 Å². The Morgan fingerprint density at radius 1 is 1.56 bits per heavy atom. The largest absolute Gasteiger partial charge is 0.465 e. The fraction of sp³-hybridized carbons (Fsp3) is 0.417. The molecule has 6 heteroatoms. The van der Waals surface area contributed by atoms with Gasteiger partial charge in [0.05, 0.1) is 23.4 Å². The monoisotopic (exact) mass is 267 g/mol. The zero-order chi connectivity index (χ0) is 13.5. The molecule has 0 unspecified atom stereocenters. The second-order valence-electron chi connectivity index (χ2n) is 3.80. The van der Waals surface area contributed by atoms with Gasteiger partial charge >= 0.3 is 5.97 Å². The van der Waals surface area contributed by atoms with Crippen molar-refractivity contribution in [2.45, 2.75) is 13.5 Å². The molecule has 0 aliphatic rings. The van der Waals surface area contributed by atoms with E-state index in [4.69, 9.17) is 18.0 Å². The molecule has 1 aromatic heterocycles. The minimum atomic E-state index is -0.385. The Balaban J connectivity index is 2.67. The predicted molar refractivity (Wildman–Crippen MR) is 73.3 cm³/mol. The molecule has 98 valence electrons. The highest BCUT2D eigenvalue weighted by Crippen LogP contribution is 2.05.